The highest BCUT2D eigenvalue weighted by Gasteiger charge is 2.25. The highest BCUT2D eigenvalue weighted by molar-refractivity contribution is 5.71. The third-order valence-corrected chi connectivity index (χ3v) is 11.9. The van der Waals surface area contributed by atoms with Crippen molar-refractivity contribution in [2.45, 2.75) is 245 Å². The summed E-state index contributed by atoms with van der Waals surface area (Å²) in [6.45, 7) is 4.74. The summed E-state index contributed by atoms with van der Waals surface area (Å²) >= 11 is 0. The van der Waals surface area contributed by atoms with Crippen LogP contribution in [-0.2, 0) is 33.3 Å². The van der Waals surface area contributed by atoms with Crippen LogP contribution >= 0.6 is 0 Å². The van der Waals surface area contributed by atoms with E-state index in [0.29, 0.717) is 23.9 Å². The Bertz CT molecular complexity index is 1360. The van der Waals surface area contributed by atoms with E-state index in [9.17, 15) is 19.5 Å². The van der Waals surface area contributed by atoms with E-state index in [2.05, 4.69) is 86.8 Å². The maximum absolute atomic E-state index is 12.8. The van der Waals surface area contributed by atoms with Gasteiger partial charge in [-0.1, -0.05) is 209 Å². The standard InChI is InChI=1S/C60H105NO8/c1-6-8-10-12-14-16-18-20-22-24-26-27-28-29-30-31-33-34-36-38-40-42-44-46-48-50-57(62)67-54-56(55-68-60(59(64)65)66-53-52-61(3,4)5)69-58(63)51-49-47-45-43-41-39-37-35-32-25-23-21-19-17-15-13-11-9-7-2/h9,11,15,17-18,20-21,23-24,26,32,35,56,60H,6-8,10,12-14,16,19,22,25,27-31,33-34,36-55H2,1-5H3/p+1/b11-9-,17-15-,20-18-,23-21-,26-24-,35-32-. The molecular weight excluding hydrogens is 863 g/mol. The fraction of sp³-hybridized carbons (Fsp3) is 0.750. The van der Waals surface area contributed by atoms with Gasteiger partial charge in [0.1, 0.15) is 13.2 Å². The third kappa shape index (κ3) is 52.4. The molecule has 0 saturated carbocycles. The molecule has 2 atom stereocenters. The van der Waals surface area contributed by atoms with Gasteiger partial charge in [-0.15, -0.1) is 0 Å². The number of likely N-dealkylation sites (N-methyl/N-ethyl adjacent to an activating group) is 1. The molecule has 1 N–H and O–H groups in total. The van der Waals surface area contributed by atoms with Crippen LogP contribution in [0.15, 0.2) is 72.9 Å². The minimum absolute atomic E-state index is 0.182. The average molecular weight is 970 g/mol. The van der Waals surface area contributed by atoms with Crippen LogP contribution in [0.5, 0.6) is 0 Å². The number of ether oxygens (including phenoxy) is 4. The number of carbonyl (C=O) groups is 3. The minimum atomic E-state index is -1.52. The number of hydrogen-bond acceptors (Lipinski definition) is 7. The molecule has 0 rings (SSSR count). The number of allylic oxidation sites excluding steroid dienone is 12. The van der Waals surface area contributed by atoms with Crippen LogP contribution in [0.25, 0.3) is 0 Å². The van der Waals surface area contributed by atoms with E-state index < -0.39 is 24.3 Å². The largest absolute Gasteiger partial charge is 0.477 e. The maximum Gasteiger partial charge on any atom is 0.361 e. The van der Waals surface area contributed by atoms with Crippen LogP contribution in [0, 0.1) is 0 Å². The van der Waals surface area contributed by atoms with Crippen LogP contribution in [0.1, 0.15) is 232 Å². The second-order valence-electron chi connectivity index (χ2n) is 19.9. The zero-order valence-electron chi connectivity index (χ0n) is 45.2. The highest BCUT2D eigenvalue weighted by atomic mass is 16.7. The van der Waals surface area contributed by atoms with Crippen LogP contribution in [0.4, 0.5) is 0 Å². The predicted octanol–water partition coefficient (Wildman–Crippen LogP) is 16.2. The van der Waals surface area contributed by atoms with Crippen molar-refractivity contribution in [2.24, 2.45) is 0 Å². The first kappa shape index (κ1) is 65.7. The summed E-state index contributed by atoms with van der Waals surface area (Å²) in [6.07, 6.45) is 62.6. The summed E-state index contributed by atoms with van der Waals surface area (Å²) in [7, 11) is 5.96. The minimum Gasteiger partial charge on any atom is -0.477 e. The van der Waals surface area contributed by atoms with Gasteiger partial charge in [-0.3, -0.25) is 9.59 Å². The number of hydrogen-bond donors (Lipinski definition) is 1. The monoisotopic (exact) mass is 969 g/mol. The number of esters is 2. The highest BCUT2D eigenvalue weighted by Crippen LogP contribution is 2.15. The summed E-state index contributed by atoms with van der Waals surface area (Å²) in [5, 5.41) is 9.69. The van der Waals surface area contributed by atoms with Crippen LogP contribution in [0.2, 0.25) is 0 Å². The van der Waals surface area contributed by atoms with Gasteiger partial charge in [-0.25, -0.2) is 4.79 Å². The number of carboxylic acids is 1. The van der Waals surface area contributed by atoms with Crippen molar-refractivity contribution < 1.29 is 42.9 Å². The molecule has 9 heteroatoms. The van der Waals surface area contributed by atoms with E-state index in [1.807, 2.05) is 21.1 Å². The van der Waals surface area contributed by atoms with Gasteiger partial charge in [0.15, 0.2) is 6.10 Å². The first-order chi connectivity index (χ1) is 33.6. The molecule has 2 unspecified atom stereocenters. The van der Waals surface area contributed by atoms with Gasteiger partial charge in [0.05, 0.1) is 34.4 Å². The van der Waals surface area contributed by atoms with Crippen molar-refractivity contribution in [3.8, 4) is 0 Å². The number of aliphatic carboxylic acids is 1. The summed E-state index contributed by atoms with van der Waals surface area (Å²) < 4.78 is 22.8. The van der Waals surface area contributed by atoms with E-state index in [4.69, 9.17) is 18.9 Å². The van der Waals surface area contributed by atoms with Gasteiger partial charge >= 0.3 is 17.9 Å². The second kappa shape index (κ2) is 51.1. The molecule has 0 aliphatic heterocycles. The van der Waals surface area contributed by atoms with Gasteiger partial charge in [-0.2, -0.15) is 0 Å². The Kier molecular flexibility index (Phi) is 48.7. The first-order valence-corrected chi connectivity index (χ1v) is 28.1. The number of unbranched alkanes of at least 4 members (excludes halogenated alkanes) is 24. The summed E-state index contributed by atoms with van der Waals surface area (Å²) in [4.78, 5) is 37.4. The second-order valence-corrected chi connectivity index (χ2v) is 19.9. The van der Waals surface area contributed by atoms with Crippen LogP contribution in [-0.4, -0.2) is 87.4 Å². The molecule has 0 saturated heterocycles. The van der Waals surface area contributed by atoms with Crippen molar-refractivity contribution in [3.05, 3.63) is 72.9 Å². The Morgan fingerprint density at radius 2 is 0.826 bits per heavy atom. The number of carboxylic acid groups (broad SMARTS) is 1. The smallest absolute Gasteiger partial charge is 0.361 e. The molecule has 0 bridgehead atoms. The molecule has 0 spiro atoms. The molecule has 0 aromatic heterocycles. The van der Waals surface area contributed by atoms with E-state index in [-0.39, 0.29) is 32.2 Å². The fourth-order valence-corrected chi connectivity index (χ4v) is 7.62. The molecule has 9 nitrogen and oxygen atoms in total. The molecule has 69 heavy (non-hydrogen) atoms. The number of carbonyl (C=O) groups excluding carboxylic acids is 2. The molecule has 0 aromatic carbocycles. The summed E-state index contributed by atoms with van der Waals surface area (Å²) in [6, 6.07) is 0. The third-order valence-electron chi connectivity index (χ3n) is 11.9. The molecule has 0 aromatic rings. The van der Waals surface area contributed by atoms with Gasteiger partial charge in [0.25, 0.3) is 6.29 Å². The Morgan fingerprint density at radius 3 is 1.23 bits per heavy atom. The maximum atomic E-state index is 12.8. The number of quaternary nitrogens is 1. The van der Waals surface area contributed by atoms with Crippen LogP contribution in [0.3, 0.4) is 0 Å². The van der Waals surface area contributed by atoms with Gasteiger partial charge in [0, 0.05) is 12.8 Å². The molecule has 398 valence electrons. The van der Waals surface area contributed by atoms with Gasteiger partial charge in [0.2, 0.25) is 0 Å². The Labute approximate surface area is 424 Å². The Balaban J connectivity index is 4.27. The van der Waals surface area contributed by atoms with E-state index in [0.717, 1.165) is 89.9 Å². The van der Waals surface area contributed by atoms with E-state index in [1.54, 1.807) is 0 Å². The topological polar surface area (TPSA) is 108 Å². The normalized spacial score (nSPS) is 13.3. The van der Waals surface area contributed by atoms with Crippen molar-refractivity contribution >= 4 is 17.9 Å². The van der Waals surface area contributed by atoms with E-state index in [1.165, 1.54) is 109 Å². The average Bonchev–Trinajstić information content (AvgIpc) is 3.31. The zero-order chi connectivity index (χ0) is 50.6. The Morgan fingerprint density at radius 1 is 0.449 bits per heavy atom. The molecular formula is C60H106NO8+. The van der Waals surface area contributed by atoms with Gasteiger partial charge in [-0.05, 0) is 83.5 Å². The number of rotatable bonds is 51. The summed E-state index contributed by atoms with van der Waals surface area (Å²) in [5.41, 5.74) is 0. The van der Waals surface area contributed by atoms with Crippen LogP contribution < -0.4 is 0 Å². The summed E-state index contributed by atoms with van der Waals surface area (Å²) in [5.74, 6) is -2.03. The Hall–Kier alpha value is -3.27. The molecule has 0 fully saturated rings. The van der Waals surface area contributed by atoms with Crippen molar-refractivity contribution in [1.29, 1.82) is 0 Å². The van der Waals surface area contributed by atoms with Gasteiger partial charge < -0.3 is 28.5 Å². The lowest BCUT2D eigenvalue weighted by Crippen LogP contribution is -2.40. The van der Waals surface area contributed by atoms with Crippen molar-refractivity contribution in [3.63, 3.8) is 0 Å². The SMILES string of the molecule is CC/C=C\C/C=C\C/C=C\C/C=C\CCCCCCCCC(=O)OC(COC(=O)CCCCCCCCCCCCCCC/C=C\C/C=C\CCCCCCC)COC(OCC[N+](C)(C)C)C(=O)O. The molecule has 0 amide bonds. The van der Waals surface area contributed by atoms with E-state index >= 15 is 0 Å². The zero-order valence-corrected chi connectivity index (χ0v) is 45.2. The van der Waals surface area contributed by atoms with Crippen molar-refractivity contribution in [2.75, 3.05) is 47.5 Å². The molecule has 0 heterocycles. The lowest BCUT2D eigenvalue weighted by Gasteiger charge is -2.25. The molecule has 0 aliphatic carbocycles. The fourth-order valence-electron chi connectivity index (χ4n) is 7.62. The predicted molar refractivity (Wildman–Crippen MR) is 290 cm³/mol. The lowest BCUT2D eigenvalue weighted by molar-refractivity contribution is -0.870. The quantitative estimate of drug-likeness (QED) is 0.0211. The first-order valence-electron chi connectivity index (χ1n) is 28.1. The molecule has 0 radical (unpaired) electrons. The molecule has 0 aliphatic rings. The van der Waals surface area contributed by atoms with Crippen molar-refractivity contribution in [1.82, 2.24) is 0 Å². The number of nitrogens with zero attached hydrogens (tertiary/aromatic N) is 1. The lowest BCUT2D eigenvalue weighted by atomic mass is 10.0.